The molecule has 4 heteroatoms. The summed E-state index contributed by atoms with van der Waals surface area (Å²) in [6.07, 6.45) is 3.22. The highest BCUT2D eigenvalue weighted by Gasteiger charge is 2.28. The van der Waals surface area contributed by atoms with Crippen molar-refractivity contribution in [2.45, 2.75) is 38.3 Å². The molecule has 1 aliphatic rings. The quantitative estimate of drug-likeness (QED) is 0.793. The van der Waals surface area contributed by atoms with Crippen LogP contribution in [0.4, 0.5) is 4.39 Å². The maximum Gasteiger partial charge on any atom is 0.126 e. The monoisotopic (exact) mass is 266 g/mol. The largest absolute Gasteiger partial charge is 0.395 e. The first-order chi connectivity index (χ1) is 9.11. The fourth-order valence-electron chi connectivity index (χ4n) is 2.36. The van der Waals surface area contributed by atoms with Gasteiger partial charge in [-0.2, -0.15) is 0 Å². The molecule has 0 bridgehead atoms. The van der Waals surface area contributed by atoms with Crippen molar-refractivity contribution in [1.82, 2.24) is 4.90 Å². The third-order valence-electron chi connectivity index (χ3n) is 3.80. The van der Waals surface area contributed by atoms with Crippen LogP contribution < -0.4 is 5.73 Å². The molecule has 0 aliphatic heterocycles. The number of hydrogen-bond donors (Lipinski definition) is 2. The van der Waals surface area contributed by atoms with E-state index in [1.54, 1.807) is 13.0 Å². The molecule has 1 fully saturated rings. The molecule has 1 aromatic rings. The minimum absolute atomic E-state index is 0.143. The molecule has 1 saturated carbocycles. The Morgan fingerprint density at radius 3 is 2.74 bits per heavy atom. The molecule has 2 rings (SSSR count). The van der Waals surface area contributed by atoms with Crippen molar-refractivity contribution in [3.63, 3.8) is 0 Å². The van der Waals surface area contributed by atoms with Crippen molar-refractivity contribution in [2.24, 2.45) is 5.73 Å². The zero-order valence-corrected chi connectivity index (χ0v) is 11.5. The Kier molecular flexibility index (Phi) is 4.91. The molecule has 0 spiro atoms. The molecule has 0 heterocycles. The van der Waals surface area contributed by atoms with Crippen LogP contribution in [0.5, 0.6) is 0 Å². The molecule has 3 nitrogen and oxygen atoms in total. The van der Waals surface area contributed by atoms with Crippen molar-refractivity contribution >= 4 is 0 Å². The normalized spacial score (nSPS) is 16.9. The van der Waals surface area contributed by atoms with Crippen LogP contribution in [0, 0.1) is 12.7 Å². The first kappa shape index (κ1) is 14.4. The molecule has 1 aliphatic carbocycles. The van der Waals surface area contributed by atoms with Gasteiger partial charge in [0.1, 0.15) is 5.82 Å². The molecular formula is C15H23FN2O. The maximum atomic E-state index is 13.5. The summed E-state index contributed by atoms with van der Waals surface area (Å²) in [5, 5.41) is 9.04. The van der Waals surface area contributed by atoms with Gasteiger partial charge in [0.2, 0.25) is 0 Å². The number of aryl methyl sites for hydroxylation is 1. The molecule has 0 saturated heterocycles. The van der Waals surface area contributed by atoms with Gasteiger partial charge in [-0.15, -0.1) is 0 Å². The maximum absolute atomic E-state index is 13.5. The first-order valence-electron chi connectivity index (χ1n) is 6.98. The highest BCUT2D eigenvalue weighted by Crippen LogP contribution is 2.27. The third kappa shape index (κ3) is 4.00. The highest BCUT2D eigenvalue weighted by atomic mass is 19.1. The lowest BCUT2D eigenvalue weighted by atomic mass is 10.0. The first-order valence-corrected chi connectivity index (χ1v) is 6.98. The zero-order chi connectivity index (χ0) is 13.8. The van der Waals surface area contributed by atoms with Gasteiger partial charge in [0.15, 0.2) is 0 Å². The highest BCUT2D eigenvalue weighted by molar-refractivity contribution is 5.25. The third-order valence-corrected chi connectivity index (χ3v) is 3.80. The van der Waals surface area contributed by atoms with Gasteiger partial charge in [-0.1, -0.05) is 12.1 Å². The van der Waals surface area contributed by atoms with Crippen LogP contribution >= 0.6 is 0 Å². The lowest BCUT2D eigenvalue weighted by Gasteiger charge is -2.23. The van der Waals surface area contributed by atoms with E-state index in [0.29, 0.717) is 18.2 Å². The second-order valence-corrected chi connectivity index (χ2v) is 5.39. The SMILES string of the molecule is Cc1ccc(C(N)CCN(CCO)C2CC2)cc1F. The second kappa shape index (κ2) is 6.46. The molecule has 1 unspecified atom stereocenters. The number of aliphatic hydroxyl groups is 1. The van der Waals surface area contributed by atoms with E-state index in [2.05, 4.69) is 4.90 Å². The van der Waals surface area contributed by atoms with E-state index in [1.165, 1.54) is 18.9 Å². The molecule has 1 atom stereocenters. The zero-order valence-electron chi connectivity index (χ0n) is 11.5. The molecule has 1 aromatic carbocycles. The Balaban J connectivity index is 1.88. The number of aliphatic hydroxyl groups excluding tert-OH is 1. The lowest BCUT2D eigenvalue weighted by Crippen LogP contribution is -2.32. The van der Waals surface area contributed by atoms with Crippen LogP contribution in [0.1, 0.15) is 36.4 Å². The van der Waals surface area contributed by atoms with Crippen molar-refractivity contribution in [1.29, 1.82) is 0 Å². The summed E-state index contributed by atoms with van der Waals surface area (Å²) in [6, 6.07) is 5.69. The minimum atomic E-state index is -0.192. The molecule has 3 N–H and O–H groups in total. The van der Waals surface area contributed by atoms with Crippen molar-refractivity contribution in [3.8, 4) is 0 Å². The van der Waals surface area contributed by atoms with E-state index < -0.39 is 0 Å². The fourth-order valence-corrected chi connectivity index (χ4v) is 2.36. The van der Waals surface area contributed by atoms with Crippen molar-refractivity contribution in [2.75, 3.05) is 19.7 Å². The summed E-state index contributed by atoms with van der Waals surface area (Å²) < 4.78 is 13.5. The molecule has 0 radical (unpaired) electrons. The summed E-state index contributed by atoms with van der Waals surface area (Å²) in [6.45, 7) is 3.51. The summed E-state index contributed by atoms with van der Waals surface area (Å²) in [5.41, 5.74) is 7.62. The number of nitrogens with two attached hydrogens (primary N) is 1. The Morgan fingerprint density at radius 2 is 2.16 bits per heavy atom. The average molecular weight is 266 g/mol. The van der Waals surface area contributed by atoms with Gasteiger partial charge in [0, 0.05) is 25.2 Å². The molecule has 19 heavy (non-hydrogen) atoms. The molecule has 0 amide bonds. The van der Waals surface area contributed by atoms with Crippen LogP contribution in [0.15, 0.2) is 18.2 Å². The van der Waals surface area contributed by atoms with Gasteiger partial charge in [0.05, 0.1) is 6.61 Å². The van der Waals surface area contributed by atoms with Gasteiger partial charge in [-0.05, 0) is 43.4 Å². The number of nitrogens with zero attached hydrogens (tertiary/aromatic N) is 1. The topological polar surface area (TPSA) is 49.5 Å². The predicted octanol–water partition coefficient (Wildman–Crippen LogP) is 1.98. The standard InChI is InChI=1S/C15H23FN2O/c1-11-2-3-12(10-14(11)16)15(17)6-7-18(8-9-19)13-4-5-13/h2-3,10,13,15,19H,4-9,17H2,1H3. The predicted molar refractivity (Wildman–Crippen MR) is 74.4 cm³/mol. The van der Waals surface area contributed by atoms with Crippen LogP contribution in [-0.2, 0) is 0 Å². The van der Waals surface area contributed by atoms with E-state index in [-0.39, 0.29) is 18.5 Å². The van der Waals surface area contributed by atoms with E-state index >= 15 is 0 Å². The van der Waals surface area contributed by atoms with Crippen LogP contribution in [0.3, 0.4) is 0 Å². The summed E-state index contributed by atoms with van der Waals surface area (Å²) in [5.74, 6) is -0.192. The Labute approximate surface area is 114 Å². The summed E-state index contributed by atoms with van der Waals surface area (Å²) >= 11 is 0. The van der Waals surface area contributed by atoms with Crippen LogP contribution in [-0.4, -0.2) is 35.7 Å². The van der Waals surface area contributed by atoms with E-state index in [1.807, 2.05) is 6.07 Å². The number of benzene rings is 1. The number of hydrogen-bond acceptors (Lipinski definition) is 3. The molecular weight excluding hydrogens is 243 g/mol. The van der Waals surface area contributed by atoms with Gasteiger partial charge in [0.25, 0.3) is 0 Å². The van der Waals surface area contributed by atoms with E-state index in [0.717, 1.165) is 18.5 Å². The smallest absolute Gasteiger partial charge is 0.126 e. The molecule has 106 valence electrons. The lowest BCUT2D eigenvalue weighted by molar-refractivity contribution is 0.185. The number of halogens is 1. The summed E-state index contributed by atoms with van der Waals surface area (Å²) in [7, 11) is 0. The fraction of sp³-hybridized carbons (Fsp3) is 0.600. The number of rotatable bonds is 7. The van der Waals surface area contributed by atoms with E-state index in [9.17, 15) is 4.39 Å². The summed E-state index contributed by atoms with van der Waals surface area (Å²) in [4.78, 5) is 2.28. The van der Waals surface area contributed by atoms with Gasteiger partial charge in [-0.3, -0.25) is 4.90 Å². The van der Waals surface area contributed by atoms with Crippen molar-refractivity contribution in [3.05, 3.63) is 35.1 Å². The van der Waals surface area contributed by atoms with E-state index in [4.69, 9.17) is 10.8 Å². The van der Waals surface area contributed by atoms with Crippen molar-refractivity contribution < 1.29 is 9.50 Å². The van der Waals surface area contributed by atoms with Gasteiger partial charge < -0.3 is 10.8 Å². The van der Waals surface area contributed by atoms with Crippen LogP contribution in [0.25, 0.3) is 0 Å². The Bertz CT molecular complexity index is 421. The van der Waals surface area contributed by atoms with Crippen LogP contribution in [0.2, 0.25) is 0 Å². The second-order valence-electron chi connectivity index (χ2n) is 5.39. The Hall–Kier alpha value is -0.970. The molecule has 0 aromatic heterocycles. The van der Waals surface area contributed by atoms with Gasteiger partial charge in [-0.25, -0.2) is 4.39 Å². The average Bonchev–Trinajstić information content (AvgIpc) is 3.21. The Morgan fingerprint density at radius 1 is 1.42 bits per heavy atom. The van der Waals surface area contributed by atoms with Gasteiger partial charge >= 0.3 is 0 Å². The minimum Gasteiger partial charge on any atom is -0.395 e.